The summed E-state index contributed by atoms with van der Waals surface area (Å²) in [5, 5.41) is 64.5. The number of anilines is 2. The van der Waals surface area contributed by atoms with Crippen molar-refractivity contribution in [2.75, 3.05) is 11.5 Å². The van der Waals surface area contributed by atoms with Crippen LogP contribution in [0, 0.1) is 0 Å². The molecule has 0 saturated heterocycles. The van der Waals surface area contributed by atoms with Crippen molar-refractivity contribution in [1.82, 2.24) is 0 Å². The van der Waals surface area contributed by atoms with E-state index in [0.717, 1.165) is 0 Å². The van der Waals surface area contributed by atoms with Crippen LogP contribution < -0.4 is 140 Å². The van der Waals surface area contributed by atoms with Crippen LogP contribution >= 0.6 is 0 Å². The Labute approximate surface area is 531 Å². The Bertz CT molecular complexity index is 3960. The van der Waals surface area contributed by atoms with Gasteiger partial charge in [0.15, 0.2) is 0 Å². The molecule has 0 fully saturated rings. The Kier molecular flexibility index (Phi) is 22.4. The molecule has 34 heteroatoms. The van der Waals surface area contributed by atoms with E-state index in [0.29, 0.717) is 24.3 Å². The number of azo groups is 5. The van der Waals surface area contributed by atoms with Crippen LogP contribution in [-0.4, -0.2) is 51.9 Å². The Hall–Kier alpha value is -4.88. The largest absolute Gasteiger partial charge is 1.00 e. The van der Waals surface area contributed by atoms with E-state index in [4.69, 9.17) is 11.5 Å². The maximum absolute atomic E-state index is 13.8. The summed E-state index contributed by atoms with van der Waals surface area (Å²) in [6, 6.07) is 29.4. The van der Waals surface area contributed by atoms with E-state index in [1.807, 2.05) is 0 Å². The third-order valence-corrected chi connectivity index (χ3v) is 13.7. The summed E-state index contributed by atoms with van der Waals surface area (Å²) in [6.45, 7) is 0. The van der Waals surface area contributed by atoms with Crippen LogP contribution in [0.15, 0.2) is 204 Å². The van der Waals surface area contributed by atoms with E-state index in [-0.39, 0.29) is 152 Å². The van der Waals surface area contributed by atoms with Crippen molar-refractivity contribution in [2.45, 2.75) is 19.6 Å². The second kappa shape index (κ2) is 26.6. The van der Waals surface area contributed by atoms with Gasteiger partial charge in [-0.05, 0) is 108 Å². The molecule has 0 aliphatic carbocycles. The second-order valence-electron chi connectivity index (χ2n) is 15.1. The number of rotatable bonds is 14. The standard InChI is InChI=1S/C44H32N12O14S4.4Na/c45-37-35-23(19-31(71(59,60)61)39(37)53-49-25-7-3-1-4-8-25)22-34(74(68,69)70)42(44(35)58)56-52-30-17-13-28(14-18-30)48-47-27-11-15-29(16-12-27)51-54-40-32(72(62,63)64)20-24-21-33(73(65,66)67)41(43(57)36(24)38(40)46)55-50-26-9-5-2-6-10-26;;;;/h1-22,57-58H,45-46H2,(H,59,60,61)(H,62,63,64)(H,65,66,67)(H,68,69,70);;;;/q;4*+1/p-4. The zero-order valence-electron chi connectivity index (χ0n) is 40.8. The van der Waals surface area contributed by atoms with Crippen LogP contribution in [0.3, 0.4) is 0 Å². The number of hydrogen-bond acceptors (Lipinski definition) is 24. The maximum Gasteiger partial charge on any atom is 1.00 e. The molecule has 8 rings (SSSR count). The molecule has 376 valence electrons. The summed E-state index contributed by atoms with van der Waals surface area (Å²) >= 11 is 0. The molecule has 26 nitrogen and oxygen atoms in total. The van der Waals surface area contributed by atoms with E-state index in [9.17, 15) is 62.1 Å². The molecule has 0 unspecified atom stereocenters. The first-order valence-corrected chi connectivity index (χ1v) is 26.0. The molecular weight excluding hydrogens is 1140 g/mol. The smallest absolute Gasteiger partial charge is 0.870 e. The van der Waals surface area contributed by atoms with Crippen molar-refractivity contribution >= 4 is 130 Å². The number of nitrogens with zero attached hydrogens (tertiary/aromatic N) is 10. The minimum Gasteiger partial charge on any atom is -0.870 e. The Balaban J connectivity index is 0.00000328. The van der Waals surface area contributed by atoms with Gasteiger partial charge in [0.2, 0.25) is 0 Å². The quantitative estimate of drug-likeness (QED) is 0.0385. The van der Waals surface area contributed by atoms with Crippen LogP contribution in [0.2, 0.25) is 0 Å². The number of nitrogen functional groups attached to an aromatic ring is 2. The summed E-state index contributed by atoms with van der Waals surface area (Å²) in [5.74, 6) is -2.43. The monoisotopic (exact) mass is 1170 g/mol. The molecule has 0 atom stereocenters. The van der Waals surface area contributed by atoms with Gasteiger partial charge in [-0.2, -0.15) is 47.5 Å². The number of benzene rings is 8. The van der Waals surface area contributed by atoms with Gasteiger partial charge in [0.25, 0.3) is 20.2 Å². The van der Waals surface area contributed by atoms with Crippen LogP contribution in [0.5, 0.6) is 11.5 Å². The first-order chi connectivity index (χ1) is 34.9. The van der Waals surface area contributed by atoms with Gasteiger partial charge in [-0.15, -0.1) is 20.5 Å². The summed E-state index contributed by atoms with van der Waals surface area (Å²) < 4.78 is 143. The molecule has 8 aromatic carbocycles. The summed E-state index contributed by atoms with van der Waals surface area (Å²) in [5.41, 5.74) is 8.79. The predicted octanol–water partition coefficient (Wildman–Crippen LogP) is -2.30. The zero-order valence-corrected chi connectivity index (χ0v) is 52.0. The van der Waals surface area contributed by atoms with Gasteiger partial charge in [-0.25, -0.2) is 16.8 Å². The Morgan fingerprint density at radius 1 is 0.346 bits per heavy atom. The van der Waals surface area contributed by atoms with E-state index < -0.39 is 127 Å². The van der Waals surface area contributed by atoms with Gasteiger partial charge in [-0.3, -0.25) is 9.11 Å². The fourth-order valence-corrected chi connectivity index (χ4v) is 9.49. The molecule has 0 radical (unpaired) electrons. The Morgan fingerprint density at radius 3 is 0.833 bits per heavy atom. The topological polar surface area (TPSA) is 445 Å². The van der Waals surface area contributed by atoms with E-state index >= 15 is 0 Å². The average molecular weight is 1170 g/mol. The minimum atomic E-state index is -5.42. The molecule has 78 heavy (non-hydrogen) atoms. The van der Waals surface area contributed by atoms with E-state index in [1.165, 1.54) is 72.8 Å². The van der Waals surface area contributed by atoms with Gasteiger partial charge in [-0.1, -0.05) is 47.9 Å². The van der Waals surface area contributed by atoms with E-state index in [2.05, 4.69) is 51.1 Å². The minimum absolute atomic E-state index is 0. The first-order valence-electron chi connectivity index (χ1n) is 20.3. The summed E-state index contributed by atoms with van der Waals surface area (Å²) in [4.78, 5) is -4.23. The molecule has 0 aliphatic heterocycles. The molecule has 0 spiro atoms. The van der Waals surface area contributed by atoms with Crippen molar-refractivity contribution in [3.8, 4) is 11.5 Å². The molecule has 6 N–H and O–H groups in total. The van der Waals surface area contributed by atoms with Gasteiger partial charge in [0.05, 0.1) is 66.7 Å². The molecule has 0 aromatic heterocycles. The van der Waals surface area contributed by atoms with Crippen LogP contribution in [0.4, 0.5) is 68.2 Å². The van der Waals surface area contributed by atoms with Crippen LogP contribution in [0.1, 0.15) is 0 Å². The third-order valence-electron chi connectivity index (χ3n) is 10.2. The summed E-state index contributed by atoms with van der Waals surface area (Å²) in [6.07, 6.45) is 0. The van der Waals surface area contributed by atoms with Gasteiger partial charge < -0.3 is 30.8 Å². The predicted molar refractivity (Wildman–Crippen MR) is 258 cm³/mol. The average Bonchev–Trinajstić information content (AvgIpc) is 3.34. The number of hydrogen-bond donors (Lipinski definition) is 4. The Morgan fingerprint density at radius 2 is 0.577 bits per heavy atom. The number of fused-ring (bicyclic) bond motifs is 2. The van der Waals surface area contributed by atoms with Gasteiger partial charge >= 0.3 is 118 Å². The van der Waals surface area contributed by atoms with Crippen molar-refractivity contribution in [3.63, 3.8) is 0 Å². The molecule has 8 aromatic rings. The molecule has 0 aliphatic rings. The fraction of sp³-hybridized carbons (Fsp3) is 0. The zero-order chi connectivity index (χ0) is 53.3. The maximum atomic E-state index is 13.8. The van der Waals surface area contributed by atoms with E-state index in [1.54, 1.807) is 36.4 Å². The van der Waals surface area contributed by atoms with Gasteiger partial charge in [0.1, 0.15) is 41.4 Å². The van der Waals surface area contributed by atoms with Crippen LogP contribution in [0.25, 0.3) is 21.5 Å². The van der Waals surface area contributed by atoms with Crippen LogP contribution in [-0.2, 0) is 40.5 Å². The second-order valence-corrected chi connectivity index (χ2v) is 20.6. The molecule has 0 bridgehead atoms. The van der Waals surface area contributed by atoms with Crippen molar-refractivity contribution in [3.05, 3.63) is 133 Å². The molecule has 0 amide bonds. The van der Waals surface area contributed by atoms with Crippen molar-refractivity contribution < 1.29 is 180 Å². The molecular formula is C44H28N12Na4O14S4. The van der Waals surface area contributed by atoms with Crippen molar-refractivity contribution in [1.29, 1.82) is 0 Å². The van der Waals surface area contributed by atoms with Crippen molar-refractivity contribution in [2.24, 2.45) is 51.1 Å². The molecule has 0 heterocycles. The third kappa shape index (κ3) is 15.1. The molecule has 0 saturated carbocycles. The fourth-order valence-electron chi connectivity index (χ4n) is 6.87. The van der Waals surface area contributed by atoms with Gasteiger partial charge in [0, 0.05) is 10.8 Å². The normalized spacial score (nSPS) is 12.3. The number of nitrogens with two attached hydrogens (primary N) is 2. The SMILES string of the molecule is Nc1c(N=Nc2ccc(N=Nc3ccc(N=Nc4c(S(=O)(=O)O)cc5cc(S(=O)(=O)[O-])c(N=Nc6ccccc6)c(N)c5c4[O-])cc3)cc2)c(S(=O)(=O)[O-])cc2cc(S(=O)(=O)O)c(N=Nc3ccccc3)c([O-])c12.[Na+].[Na+].[Na+].[Na+]. The first kappa shape index (κ1) is 65.6. The summed E-state index contributed by atoms with van der Waals surface area (Å²) in [7, 11) is -21.2.